The Morgan fingerprint density at radius 2 is 2.36 bits per heavy atom. The van der Waals surface area contributed by atoms with Crippen molar-refractivity contribution < 1.29 is 9.90 Å². The molecule has 0 spiro atoms. The molecule has 2 atom stereocenters. The molecule has 2 N–H and O–H groups in total. The maximum Gasteiger partial charge on any atom is 0.327 e. The molecule has 1 aromatic rings. The Labute approximate surface area is 81.4 Å². The van der Waals surface area contributed by atoms with E-state index in [4.69, 9.17) is 5.11 Å². The van der Waals surface area contributed by atoms with Crippen LogP contribution in [0, 0.1) is 5.92 Å². The molecule has 0 amide bonds. The van der Waals surface area contributed by atoms with Crippen LogP contribution in [0.25, 0.3) is 0 Å². The number of hydrogen-bond donors (Lipinski definition) is 2. The van der Waals surface area contributed by atoms with Crippen molar-refractivity contribution in [3.8, 4) is 0 Å². The summed E-state index contributed by atoms with van der Waals surface area (Å²) in [5, 5.41) is 9.00. The summed E-state index contributed by atoms with van der Waals surface area (Å²) in [7, 11) is 0. The SMILES string of the molecule is CCC(C)C(C(=O)O)n1cc[nH]c1=O. The van der Waals surface area contributed by atoms with Gasteiger partial charge in [-0.25, -0.2) is 9.59 Å². The maximum absolute atomic E-state index is 11.2. The average Bonchev–Trinajstić information content (AvgIpc) is 2.52. The first kappa shape index (κ1) is 10.6. The van der Waals surface area contributed by atoms with Crippen molar-refractivity contribution in [1.29, 1.82) is 0 Å². The van der Waals surface area contributed by atoms with Gasteiger partial charge in [-0.05, 0) is 5.92 Å². The minimum atomic E-state index is -0.971. The smallest absolute Gasteiger partial charge is 0.327 e. The Hall–Kier alpha value is -1.52. The number of H-pyrrole nitrogens is 1. The molecule has 1 rings (SSSR count). The van der Waals surface area contributed by atoms with Gasteiger partial charge in [0.1, 0.15) is 6.04 Å². The van der Waals surface area contributed by atoms with E-state index in [-0.39, 0.29) is 11.6 Å². The van der Waals surface area contributed by atoms with Crippen LogP contribution < -0.4 is 5.69 Å². The molecule has 0 aliphatic heterocycles. The number of rotatable bonds is 4. The molecule has 0 saturated carbocycles. The Morgan fingerprint density at radius 1 is 1.71 bits per heavy atom. The van der Waals surface area contributed by atoms with E-state index in [1.807, 2.05) is 13.8 Å². The van der Waals surface area contributed by atoms with Gasteiger partial charge in [-0.2, -0.15) is 0 Å². The number of nitrogens with one attached hydrogen (secondary N) is 1. The molecule has 0 bridgehead atoms. The van der Waals surface area contributed by atoms with Crippen molar-refractivity contribution in [3.05, 3.63) is 22.9 Å². The van der Waals surface area contributed by atoms with Crippen molar-refractivity contribution in [2.45, 2.75) is 26.3 Å². The number of carboxylic acid groups (broad SMARTS) is 1. The first-order valence-corrected chi connectivity index (χ1v) is 4.56. The summed E-state index contributed by atoms with van der Waals surface area (Å²) in [4.78, 5) is 24.6. The van der Waals surface area contributed by atoms with E-state index < -0.39 is 12.0 Å². The molecule has 0 saturated heterocycles. The Kier molecular flexibility index (Phi) is 3.11. The Bertz CT molecular complexity index is 366. The second-order valence-corrected chi connectivity index (χ2v) is 3.34. The lowest BCUT2D eigenvalue weighted by Gasteiger charge is -2.18. The third kappa shape index (κ3) is 1.86. The van der Waals surface area contributed by atoms with Gasteiger partial charge in [0.15, 0.2) is 0 Å². The van der Waals surface area contributed by atoms with E-state index >= 15 is 0 Å². The van der Waals surface area contributed by atoms with Crippen molar-refractivity contribution in [2.24, 2.45) is 5.92 Å². The predicted molar refractivity (Wildman–Crippen MR) is 51.2 cm³/mol. The zero-order chi connectivity index (χ0) is 10.7. The van der Waals surface area contributed by atoms with Gasteiger partial charge in [-0.15, -0.1) is 0 Å². The summed E-state index contributed by atoms with van der Waals surface area (Å²) in [6, 6.07) is -0.779. The molecule has 0 aliphatic carbocycles. The van der Waals surface area contributed by atoms with Crippen LogP contribution >= 0.6 is 0 Å². The second-order valence-electron chi connectivity index (χ2n) is 3.34. The molecule has 1 heterocycles. The van der Waals surface area contributed by atoms with Crippen molar-refractivity contribution in [3.63, 3.8) is 0 Å². The van der Waals surface area contributed by atoms with Crippen molar-refractivity contribution in [1.82, 2.24) is 9.55 Å². The third-order valence-electron chi connectivity index (χ3n) is 2.41. The first-order valence-electron chi connectivity index (χ1n) is 4.56. The Balaban J connectivity index is 3.07. The van der Waals surface area contributed by atoms with Crippen LogP contribution in [-0.4, -0.2) is 20.6 Å². The number of imidazole rings is 1. The zero-order valence-electron chi connectivity index (χ0n) is 8.23. The lowest BCUT2D eigenvalue weighted by Crippen LogP contribution is -2.31. The molecule has 78 valence electrons. The quantitative estimate of drug-likeness (QED) is 0.753. The number of carbonyl (C=O) groups is 1. The van der Waals surface area contributed by atoms with Gasteiger partial charge >= 0.3 is 11.7 Å². The fourth-order valence-electron chi connectivity index (χ4n) is 1.41. The van der Waals surface area contributed by atoms with Gasteiger partial charge in [0.2, 0.25) is 0 Å². The van der Waals surface area contributed by atoms with Crippen molar-refractivity contribution >= 4 is 5.97 Å². The standard InChI is InChI=1S/C9H14N2O3/c1-3-6(2)7(8(12)13)11-5-4-10-9(11)14/h4-7H,3H2,1-2H3,(H,10,14)(H,12,13). The molecular formula is C9H14N2O3. The van der Waals surface area contributed by atoms with E-state index in [0.29, 0.717) is 6.42 Å². The van der Waals surface area contributed by atoms with Gasteiger partial charge in [-0.1, -0.05) is 20.3 Å². The van der Waals surface area contributed by atoms with E-state index in [0.717, 1.165) is 0 Å². The minimum Gasteiger partial charge on any atom is -0.480 e. The van der Waals surface area contributed by atoms with Crippen LogP contribution in [-0.2, 0) is 4.79 Å². The highest BCUT2D eigenvalue weighted by Gasteiger charge is 2.26. The largest absolute Gasteiger partial charge is 0.480 e. The van der Waals surface area contributed by atoms with Gasteiger partial charge in [0, 0.05) is 12.4 Å². The Morgan fingerprint density at radius 3 is 2.71 bits per heavy atom. The number of aromatic nitrogens is 2. The van der Waals surface area contributed by atoms with Gasteiger partial charge in [-0.3, -0.25) is 4.57 Å². The van der Waals surface area contributed by atoms with Crippen LogP contribution in [0.4, 0.5) is 0 Å². The van der Waals surface area contributed by atoms with Crippen LogP contribution in [0.3, 0.4) is 0 Å². The fourth-order valence-corrected chi connectivity index (χ4v) is 1.41. The maximum atomic E-state index is 11.2. The minimum absolute atomic E-state index is 0.0685. The van der Waals surface area contributed by atoms with E-state index in [2.05, 4.69) is 4.98 Å². The molecule has 5 heteroatoms. The number of hydrogen-bond acceptors (Lipinski definition) is 2. The van der Waals surface area contributed by atoms with Crippen LogP contribution in [0.1, 0.15) is 26.3 Å². The monoisotopic (exact) mass is 198 g/mol. The second kappa shape index (κ2) is 4.13. The number of carboxylic acids is 1. The molecule has 5 nitrogen and oxygen atoms in total. The molecule has 0 aliphatic rings. The van der Waals surface area contributed by atoms with E-state index in [1.165, 1.54) is 17.0 Å². The van der Waals surface area contributed by atoms with Crippen LogP contribution in [0.15, 0.2) is 17.2 Å². The lowest BCUT2D eigenvalue weighted by molar-refractivity contribution is -0.142. The summed E-state index contributed by atoms with van der Waals surface area (Å²) < 4.78 is 1.22. The molecular weight excluding hydrogens is 184 g/mol. The summed E-state index contributed by atoms with van der Waals surface area (Å²) in [5.41, 5.74) is -0.377. The van der Waals surface area contributed by atoms with Gasteiger partial charge in [0.05, 0.1) is 0 Å². The van der Waals surface area contributed by atoms with E-state index in [1.54, 1.807) is 0 Å². The summed E-state index contributed by atoms with van der Waals surface area (Å²) in [6.45, 7) is 3.72. The third-order valence-corrected chi connectivity index (χ3v) is 2.41. The van der Waals surface area contributed by atoms with Gasteiger partial charge in [0.25, 0.3) is 0 Å². The van der Waals surface area contributed by atoms with Crippen LogP contribution in [0.5, 0.6) is 0 Å². The van der Waals surface area contributed by atoms with Gasteiger partial charge < -0.3 is 10.1 Å². The average molecular weight is 198 g/mol. The molecule has 0 aromatic carbocycles. The fraction of sp³-hybridized carbons (Fsp3) is 0.556. The first-order chi connectivity index (χ1) is 6.57. The molecule has 0 fully saturated rings. The number of aliphatic carboxylic acids is 1. The normalized spacial score (nSPS) is 15.0. The number of aromatic amines is 1. The lowest BCUT2D eigenvalue weighted by atomic mass is 9.99. The predicted octanol–water partition coefficient (Wildman–Crippen LogP) is 0.848. The van der Waals surface area contributed by atoms with Crippen LogP contribution in [0.2, 0.25) is 0 Å². The molecule has 1 aromatic heterocycles. The highest BCUT2D eigenvalue weighted by Crippen LogP contribution is 2.19. The van der Waals surface area contributed by atoms with E-state index in [9.17, 15) is 9.59 Å². The number of nitrogens with zero attached hydrogens (tertiary/aromatic N) is 1. The summed E-state index contributed by atoms with van der Waals surface area (Å²) in [5.74, 6) is -1.04. The molecule has 14 heavy (non-hydrogen) atoms. The van der Waals surface area contributed by atoms with Crippen molar-refractivity contribution in [2.75, 3.05) is 0 Å². The summed E-state index contributed by atoms with van der Waals surface area (Å²) in [6.07, 6.45) is 3.63. The highest BCUT2D eigenvalue weighted by molar-refractivity contribution is 5.72. The summed E-state index contributed by atoms with van der Waals surface area (Å²) >= 11 is 0. The molecule has 2 unspecified atom stereocenters. The highest BCUT2D eigenvalue weighted by atomic mass is 16.4. The zero-order valence-corrected chi connectivity index (χ0v) is 8.23. The molecule has 0 radical (unpaired) electrons. The topological polar surface area (TPSA) is 75.1 Å².